The highest BCUT2D eigenvalue weighted by molar-refractivity contribution is 5.82. The number of fused-ring (bicyclic) bond motifs is 1. The van der Waals surface area contributed by atoms with Crippen LogP contribution in [0.15, 0.2) is 51.7 Å². The molecule has 1 saturated heterocycles. The molecule has 0 atom stereocenters. The van der Waals surface area contributed by atoms with Gasteiger partial charge in [-0.2, -0.15) is 0 Å². The average molecular weight is 407 g/mol. The number of hydrogen-bond donors (Lipinski definition) is 1. The summed E-state index contributed by atoms with van der Waals surface area (Å²) in [5, 5.41) is 10.5. The predicted octanol–water partition coefficient (Wildman–Crippen LogP) is 4.63. The topological polar surface area (TPSA) is 80.0 Å². The summed E-state index contributed by atoms with van der Waals surface area (Å²) in [5.74, 6) is 0.803. The van der Waals surface area contributed by atoms with Crippen LogP contribution in [0.2, 0.25) is 0 Å². The molecule has 0 bridgehead atoms. The van der Waals surface area contributed by atoms with E-state index in [1.54, 1.807) is 24.8 Å². The van der Waals surface area contributed by atoms with Gasteiger partial charge in [0.25, 0.3) is 0 Å². The van der Waals surface area contributed by atoms with E-state index in [9.17, 15) is 14.7 Å². The number of likely N-dealkylation sites (tertiary alicyclic amines) is 1. The van der Waals surface area contributed by atoms with Crippen molar-refractivity contribution in [3.05, 3.63) is 75.1 Å². The number of amides is 1. The number of carbonyl (C=O) groups excluding carboxylic acids is 1. The maximum Gasteiger partial charge on any atom is 0.410 e. The van der Waals surface area contributed by atoms with Crippen molar-refractivity contribution in [3.8, 4) is 5.75 Å². The van der Waals surface area contributed by atoms with Crippen molar-refractivity contribution in [2.75, 3.05) is 13.1 Å². The van der Waals surface area contributed by atoms with Gasteiger partial charge in [0.05, 0.1) is 5.39 Å². The maximum atomic E-state index is 12.8. The molecule has 30 heavy (non-hydrogen) atoms. The van der Waals surface area contributed by atoms with Gasteiger partial charge in [-0.05, 0) is 44.4 Å². The summed E-state index contributed by atoms with van der Waals surface area (Å²) in [6.45, 7) is 4.85. The molecule has 1 aliphatic rings. The molecular weight excluding hydrogens is 382 g/mol. The number of ether oxygens (including phenoxy) is 1. The molecule has 2 aromatic carbocycles. The van der Waals surface area contributed by atoms with Crippen LogP contribution < -0.4 is 5.43 Å². The summed E-state index contributed by atoms with van der Waals surface area (Å²) in [7, 11) is 0. The minimum absolute atomic E-state index is 0.0435. The van der Waals surface area contributed by atoms with Gasteiger partial charge in [-0.1, -0.05) is 30.3 Å². The van der Waals surface area contributed by atoms with Crippen molar-refractivity contribution in [2.24, 2.45) is 0 Å². The standard InChI is InChI=1S/C24H25NO5/c1-15-20(26)9-8-19-21(27)16(2)22(30-23(15)19)18-10-12-25(13-11-18)24(28)29-14-17-6-4-3-5-7-17/h3-9,18,26H,10-14H2,1-2H3. The van der Waals surface area contributed by atoms with Crippen LogP contribution >= 0.6 is 0 Å². The Morgan fingerprint density at radius 1 is 1.10 bits per heavy atom. The Kier molecular flexibility index (Phi) is 5.48. The molecule has 0 unspecified atom stereocenters. The number of phenolic OH excluding ortho intramolecular Hbond substituents is 1. The van der Waals surface area contributed by atoms with Gasteiger partial charge in [0.15, 0.2) is 5.43 Å². The molecule has 156 valence electrons. The molecule has 1 aliphatic heterocycles. The lowest BCUT2D eigenvalue weighted by atomic mass is 9.91. The second-order valence-corrected chi connectivity index (χ2v) is 7.81. The Balaban J connectivity index is 1.47. The number of aromatic hydroxyl groups is 1. The lowest BCUT2D eigenvalue weighted by Crippen LogP contribution is -2.38. The summed E-state index contributed by atoms with van der Waals surface area (Å²) in [5.41, 5.74) is 2.47. The first-order chi connectivity index (χ1) is 14.5. The smallest absolute Gasteiger partial charge is 0.410 e. The zero-order valence-electron chi connectivity index (χ0n) is 17.2. The Hall–Kier alpha value is -3.28. The zero-order chi connectivity index (χ0) is 21.3. The number of carbonyl (C=O) groups is 1. The number of piperidine rings is 1. The van der Waals surface area contributed by atoms with Crippen LogP contribution in [0.1, 0.15) is 41.2 Å². The predicted molar refractivity (Wildman–Crippen MR) is 114 cm³/mol. The van der Waals surface area contributed by atoms with Gasteiger partial charge >= 0.3 is 6.09 Å². The van der Waals surface area contributed by atoms with Crippen molar-refractivity contribution in [1.82, 2.24) is 4.90 Å². The summed E-state index contributed by atoms with van der Waals surface area (Å²) >= 11 is 0. The van der Waals surface area contributed by atoms with Gasteiger partial charge in [0, 0.05) is 30.1 Å². The second-order valence-electron chi connectivity index (χ2n) is 7.81. The van der Waals surface area contributed by atoms with Crippen molar-refractivity contribution in [2.45, 2.75) is 39.2 Å². The van der Waals surface area contributed by atoms with E-state index in [0.29, 0.717) is 53.8 Å². The van der Waals surface area contributed by atoms with E-state index >= 15 is 0 Å². The monoisotopic (exact) mass is 407 g/mol. The number of benzene rings is 2. The first kappa shape index (κ1) is 20.0. The Labute approximate surface area is 174 Å². The number of nitrogens with zero attached hydrogens (tertiary/aromatic N) is 1. The van der Waals surface area contributed by atoms with E-state index in [1.165, 1.54) is 6.07 Å². The number of phenols is 1. The maximum absolute atomic E-state index is 12.8. The van der Waals surface area contributed by atoms with Gasteiger partial charge in [0.1, 0.15) is 23.7 Å². The lowest BCUT2D eigenvalue weighted by Gasteiger charge is -2.31. The largest absolute Gasteiger partial charge is 0.508 e. The van der Waals surface area contributed by atoms with Crippen LogP contribution in [-0.2, 0) is 11.3 Å². The summed E-state index contributed by atoms with van der Waals surface area (Å²) in [4.78, 5) is 26.9. The van der Waals surface area contributed by atoms with Crippen LogP contribution in [0, 0.1) is 13.8 Å². The van der Waals surface area contributed by atoms with E-state index in [-0.39, 0.29) is 29.8 Å². The molecule has 3 aromatic rings. The molecule has 1 N–H and O–H groups in total. The lowest BCUT2D eigenvalue weighted by molar-refractivity contribution is 0.0859. The van der Waals surface area contributed by atoms with Gasteiger partial charge < -0.3 is 19.2 Å². The Bertz CT molecular complexity index is 1130. The third-order valence-corrected chi connectivity index (χ3v) is 5.87. The molecule has 1 fully saturated rings. The van der Waals surface area contributed by atoms with Gasteiger partial charge in [0.2, 0.25) is 0 Å². The highest BCUT2D eigenvalue weighted by Crippen LogP contribution is 2.33. The summed E-state index contributed by atoms with van der Waals surface area (Å²) in [6.07, 6.45) is 1.05. The summed E-state index contributed by atoms with van der Waals surface area (Å²) < 4.78 is 11.6. The van der Waals surface area contributed by atoms with Gasteiger partial charge in [-0.15, -0.1) is 0 Å². The number of rotatable bonds is 3. The zero-order valence-corrected chi connectivity index (χ0v) is 17.2. The number of aryl methyl sites for hydroxylation is 1. The molecule has 2 heterocycles. The minimum Gasteiger partial charge on any atom is -0.508 e. The molecule has 0 radical (unpaired) electrons. The number of hydrogen-bond acceptors (Lipinski definition) is 5. The normalized spacial score (nSPS) is 14.8. The quantitative estimate of drug-likeness (QED) is 0.685. The Morgan fingerprint density at radius 3 is 2.50 bits per heavy atom. The first-order valence-electron chi connectivity index (χ1n) is 10.2. The second kappa shape index (κ2) is 8.22. The van der Waals surface area contributed by atoms with E-state index in [2.05, 4.69) is 0 Å². The van der Waals surface area contributed by atoms with E-state index in [1.807, 2.05) is 30.3 Å². The molecule has 4 rings (SSSR count). The molecular formula is C24H25NO5. The molecule has 1 amide bonds. The van der Waals surface area contributed by atoms with Crippen LogP contribution in [-0.4, -0.2) is 29.2 Å². The van der Waals surface area contributed by atoms with Crippen molar-refractivity contribution in [3.63, 3.8) is 0 Å². The van der Waals surface area contributed by atoms with Gasteiger partial charge in [-0.3, -0.25) is 4.79 Å². The fourth-order valence-electron chi connectivity index (χ4n) is 4.02. The molecule has 6 heteroatoms. The first-order valence-corrected chi connectivity index (χ1v) is 10.2. The van der Waals surface area contributed by atoms with Gasteiger partial charge in [-0.25, -0.2) is 4.79 Å². The molecule has 0 spiro atoms. The van der Waals surface area contributed by atoms with E-state index in [4.69, 9.17) is 9.15 Å². The fourth-order valence-corrected chi connectivity index (χ4v) is 4.02. The van der Waals surface area contributed by atoms with Crippen LogP contribution in [0.3, 0.4) is 0 Å². The van der Waals surface area contributed by atoms with E-state index < -0.39 is 0 Å². The summed E-state index contributed by atoms with van der Waals surface area (Å²) in [6, 6.07) is 12.7. The van der Waals surface area contributed by atoms with Crippen LogP contribution in [0.4, 0.5) is 4.79 Å². The van der Waals surface area contributed by atoms with Crippen molar-refractivity contribution >= 4 is 17.1 Å². The highest BCUT2D eigenvalue weighted by Gasteiger charge is 2.28. The molecule has 1 aromatic heterocycles. The average Bonchev–Trinajstić information content (AvgIpc) is 2.78. The fraction of sp³-hybridized carbons (Fsp3) is 0.333. The minimum atomic E-state index is -0.324. The Morgan fingerprint density at radius 2 is 1.80 bits per heavy atom. The van der Waals surface area contributed by atoms with Crippen molar-refractivity contribution < 1.29 is 19.1 Å². The molecule has 0 aliphatic carbocycles. The third kappa shape index (κ3) is 3.77. The van der Waals surface area contributed by atoms with Crippen LogP contribution in [0.5, 0.6) is 5.75 Å². The molecule has 0 saturated carbocycles. The SMILES string of the molecule is Cc1c(C2CCN(C(=O)OCc3ccccc3)CC2)oc2c(C)c(O)ccc2c1=O. The van der Waals surface area contributed by atoms with E-state index in [0.717, 1.165) is 5.56 Å². The van der Waals surface area contributed by atoms with Crippen molar-refractivity contribution in [1.29, 1.82) is 0 Å². The molecule has 6 nitrogen and oxygen atoms in total. The third-order valence-electron chi connectivity index (χ3n) is 5.87. The van der Waals surface area contributed by atoms with Crippen LogP contribution in [0.25, 0.3) is 11.0 Å². The highest BCUT2D eigenvalue weighted by atomic mass is 16.6.